The molecule has 0 atom stereocenters. The minimum atomic E-state index is -1.05. The molecule has 0 aliphatic carbocycles. The summed E-state index contributed by atoms with van der Waals surface area (Å²) in [6.07, 6.45) is 2.51. The molecule has 6 heteroatoms. The van der Waals surface area contributed by atoms with Crippen LogP contribution in [0.3, 0.4) is 0 Å². The lowest BCUT2D eigenvalue weighted by atomic mass is 10.2. The highest BCUT2D eigenvalue weighted by atomic mass is 19.1. The summed E-state index contributed by atoms with van der Waals surface area (Å²) >= 11 is 0. The quantitative estimate of drug-likeness (QED) is 0.398. The van der Waals surface area contributed by atoms with E-state index < -0.39 is 11.8 Å². The second-order valence-electron chi connectivity index (χ2n) is 4.53. The number of benzene rings is 1. The molecule has 0 unspecified atom stereocenters. The molecule has 0 amide bonds. The van der Waals surface area contributed by atoms with Gasteiger partial charge in [0.25, 0.3) is 5.78 Å². The van der Waals surface area contributed by atoms with Crippen LogP contribution < -0.4 is 0 Å². The minimum absolute atomic E-state index is 0.331. The average Bonchev–Trinajstić information content (AvgIpc) is 2.96. The van der Waals surface area contributed by atoms with Crippen molar-refractivity contribution < 1.29 is 23.8 Å². The van der Waals surface area contributed by atoms with Crippen LogP contribution in [0.5, 0.6) is 0 Å². The summed E-state index contributed by atoms with van der Waals surface area (Å²) in [5.41, 5.74) is 1.19. The van der Waals surface area contributed by atoms with E-state index in [1.54, 1.807) is 35.0 Å². The molecular formula is C16H14FNO4. The summed E-state index contributed by atoms with van der Waals surface area (Å²) in [7, 11) is 1.09. The van der Waals surface area contributed by atoms with Gasteiger partial charge in [0, 0.05) is 18.8 Å². The van der Waals surface area contributed by atoms with Gasteiger partial charge in [-0.2, -0.15) is 0 Å². The summed E-state index contributed by atoms with van der Waals surface area (Å²) in [6, 6.07) is 9.22. The lowest BCUT2D eigenvalue weighted by Crippen LogP contribution is -2.13. The first-order chi connectivity index (χ1) is 10.5. The van der Waals surface area contributed by atoms with E-state index in [-0.39, 0.29) is 11.6 Å². The Balaban J connectivity index is 2.22. The fraction of sp³-hybridized carbons (Fsp3) is 0.125. The summed E-state index contributed by atoms with van der Waals surface area (Å²) in [5.74, 6) is -2.68. The van der Waals surface area contributed by atoms with Gasteiger partial charge in [0.1, 0.15) is 11.6 Å². The van der Waals surface area contributed by atoms with Gasteiger partial charge in [0.05, 0.1) is 12.8 Å². The van der Waals surface area contributed by atoms with E-state index in [1.165, 1.54) is 12.1 Å². The highest BCUT2D eigenvalue weighted by Crippen LogP contribution is 2.15. The number of aromatic nitrogens is 1. The zero-order chi connectivity index (χ0) is 16.1. The van der Waals surface area contributed by atoms with Crippen molar-refractivity contribution in [3.8, 4) is 0 Å². The number of halogens is 1. The van der Waals surface area contributed by atoms with Crippen molar-refractivity contribution in [3.05, 3.63) is 65.7 Å². The number of carbonyl (C=O) groups is 2. The lowest BCUT2D eigenvalue weighted by molar-refractivity contribution is -0.149. The van der Waals surface area contributed by atoms with Crippen molar-refractivity contribution in [2.75, 3.05) is 7.11 Å². The van der Waals surface area contributed by atoms with Crippen molar-refractivity contribution in [2.45, 2.75) is 6.54 Å². The highest BCUT2D eigenvalue weighted by Gasteiger charge is 2.14. The second-order valence-corrected chi connectivity index (χ2v) is 4.53. The van der Waals surface area contributed by atoms with E-state index >= 15 is 0 Å². The number of methoxy groups -OCH3 is 1. The number of carbonyl (C=O) groups excluding carboxylic acids is 2. The van der Waals surface area contributed by atoms with Crippen molar-refractivity contribution in [2.24, 2.45) is 0 Å². The third kappa shape index (κ3) is 3.60. The molecule has 2 aromatic rings. The molecule has 5 nitrogen and oxygen atoms in total. The van der Waals surface area contributed by atoms with Crippen LogP contribution in [-0.4, -0.2) is 28.5 Å². The second kappa shape index (κ2) is 6.71. The Hall–Kier alpha value is -2.89. The number of hydrogen-bond donors (Lipinski definition) is 1. The zero-order valence-electron chi connectivity index (χ0n) is 11.8. The van der Waals surface area contributed by atoms with Crippen molar-refractivity contribution >= 4 is 17.5 Å². The number of hydrogen-bond acceptors (Lipinski definition) is 4. The third-order valence-electron chi connectivity index (χ3n) is 3.01. The van der Waals surface area contributed by atoms with Gasteiger partial charge >= 0.3 is 5.97 Å². The van der Waals surface area contributed by atoms with Crippen LogP contribution >= 0.6 is 0 Å². The Morgan fingerprint density at radius 1 is 1.27 bits per heavy atom. The molecule has 0 fully saturated rings. The number of aliphatic hydroxyl groups excluding tert-OH is 1. The maximum atomic E-state index is 12.9. The zero-order valence-corrected chi connectivity index (χ0v) is 11.8. The molecule has 1 N–H and O–H groups in total. The van der Waals surface area contributed by atoms with E-state index in [2.05, 4.69) is 4.74 Å². The molecule has 0 saturated heterocycles. The minimum Gasteiger partial charge on any atom is -0.506 e. The van der Waals surface area contributed by atoms with Gasteiger partial charge in [-0.05, 0) is 29.8 Å². The standard InChI is InChI=1S/C16H14FNO4/c1-22-16(21)15(20)9-14(19)13-3-2-8-18(13)10-11-4-6-12(17)7-5-11/h2-9,19H,10H2,1H3. The molecule has 114 valence electrons. The first-order valence-corrected chi connectivity index (χ1v) is 6.44. The molecule has 0 radical (unpaired) electrons. The van der Waals surface area contributed by atoms with Gasteiger partial charge in [-0.15, -0.1) is 0 Å². The van der Waals surface area contributed by atoms with Gasteiger partial charge < -0.3 is 14.4 Å². The molecule has 0 saturated carbocycles. The summed E-state index contributed by atoms with van der Waals surface area (Å²) in [4.78, 5) is 22.5. The summed E-state index contributed by atoms with van der Waals surface area (Å²) < 4.78 is 18.8. The predicted octanol–water partition coefficient (Wildman–Crippen LogP) is 2.32. The Bertz CT molecular complexity index is 716. The maximum Gasteiger partial charge on any atom is 0.378 e. The summed E-state index contributed by atoms with van der Waals surface area (Å²) in [6.45, 7) is 0.382. The lowest BCUT2D eigenvalue weighted by Gasteiger charge is -2.09. The Morgan fingerprint density at radius 3 is 2.59 bits per heavy atom. The summed E-state index contributed by atoms with van der Waals surface area (Å²) in [5, 5.41) is 9.98. The number of esters is 1. The molecule has 1 heterocycles. The number of rotatable bonds is 5. The number of ether oxygens (including phenoxy) is 1. The molecule has 1 aromatic heterocycles. The molecule has 0 aliphatic heterocycles. The average molecular weight is 303 g/mol. The van der Waals surface area contributed by atoms with Crippen molar-refractivity contribution in [1.82, 2.24) is 4.57 Å². The molecular weight excluding hydrogens is 289 g/mol. The fourth-order valence-electron chi connectivity index (χ4n) is 1.93. The number of ketones is 1. The Morgan fingerprint density at radius 2 is 1.95 bits per heavy atom. The van der Waals surface area contributed by atoms with Crippen molar-refractivity contribution in [3.63, 3.8) is 0 Å². The largest absolute Gasteiger partial charge is 0.506 e. The van der Waals surface area contributed by atoms with Gasteiger partial charge in [0.2, 0.25) is 0 Å². The van der Waals surface area contributed by atoms with E-state index in [0.717, 1.165) is 18.7 Å². The van der Waals surface area contributed by atoms with E-state index in [9.17, 15) is 19.1 Å². The van der Waals surface area contributed by atoms with Crippen LogP contribution in [0.15, 0.2) is 48.7 Å². The highest BCUT2D eigenvalue weighted by molar-refractivity contribution is 6.39. The first-order valence-electron chi connectivity index (χ1n) is 6.44. The molecule has 0 aliphatic rings. The third-order valence-corrected chi connectivity index (χ3v) is 3.01. The SMILES string of the molecule is COC(=O)C(=O)C=C(O)c1cccn1Cc1ccc(F)cc1. The predicted molar refractivity (Wildman–Crippen MR) is 77.6 cm³/mol. The topological polar surface area (TPSA) is 68.5 Å². The van der Waals surface area contributed by atoms with Gasteiger partial charge in [0.15, 0.2) is 0 Å². The Labute approximate surface area is 126 Å². The molecule has 1 aromatic carbocycles. The van der Waals surface area contributed by atoms with Crippen molar-refractivity contribution in [1.29, 1.82) is 0 Å². The number of nitrogens with zero attached hydrogens (tertiary/aromatic N) is 1. The number of aliphatic hydroxyl groups is 1. The van der Waals surface area contributed by atoms with E-state index in [1.807, 2.05) is 0 Å². The molecule has 0 bridgehead atoms. The maximum absolute atomic E-state index is 12.9. The van der Waals surface area contributed by atoms with Crippen LogP contribution in [0, 0.1) is 5.82 Å². The van der Waals surface area contributed by atoms with Crippen LogP contribution in [0.25, 0.3) is 5.76 Å². The Kier molecular flexibility index (Phi) is 4.73. The molecule has 22 heavy (non-hydrogen) atoms. The first kappa shape index (κ1) is 15.5. The molecule has 0 spiro atoms. The normalized spacial score (nSPS) is 11.3. The molecule has 2 rings (SSSR count). The monoisotopic (exact) mass is 303 g/mol. The van der Waals surface area contributed by atoms with Crippen LogP contribution in [0.1, 0.15) is 11.3 Å². The van der Waals surface area contributed by atoms with E-state index in [0.29, 0.717) is 12.2 Å². The fourth-order valence-corrected chi connectivity index (χ4v) is 1.93. The smallest absolute Gasteiger partial charge is 0.378 e. The van der Waals surface area contributed by atoms with Gasteiger partial charge in [-0.3, -0.25) is 4.79 Å². The van der Waals surface area contributed by atoms with E-state index in [4.69, 9.17) is 0 Å². The van der Waals surface area contributed by atoms with Crippen LogP contribution in [0.4, 0.5) is 4.39 Å². The van der Waals surface area contributed by atoms with Gasteiger partial charge in [-0.1, -0.05) is 12.1 Å². The van der Waals surface area contributed by atoms with Crippen LogP contribution in [-0.2, 0) is 20.9 Å². The van der Waals surface area contributed by atoms with Crippen LogP contribution in [0.2, 0.25) is 0 Å². The van der Waals surface area contributed by atoms with Gasteiger partial charge in [-0.25, -0.2) is 9.18 Å².